The summed E-state index contributed by atoms with van der Waals surface area (Å²) in [5.41, 5.74) is 1.10. The molecule has 72 valence electrons. The number of nitrogens with one attached hydrogen (secondary N) is 1. The third kappa shape index (κ3) is 3.95. The Kier molecular flexibility index (Phi) is 4.33. The monoisotopic (exact) mass is 179 g/mol. The van der Waals surface area contributed by atoms with Crippen LogP contribution in [0.5, 0.6) is 0 Å². The SMILES string of the molecule is CCC(C)OCNc1ccccc1. The van der Waals surface area contributed by atoms with Gasteiger partial charge < -0.3 is 10.1 Å². The molecule has 0 saturated heterocycles. The number of para-hydroxylation sites is 1. The van der Waals surface area contributed by atoms with Gasteiger partial charge in [0.25, 0.3) is 0 Å². The first-order valence-corrected chi connectivity index (χ1v) is 4.73. The number of hydrogen-bond donors (Lipinski definition) is 1. The van der Waals surface area contributed by atoms with Gasteiger partial charge in [-0.05, 0) is 25.5 Å². The summed E-state index contributed by atoms with van der Waals surface area (Å²) >= 11 is 0. The van der Waals surface area contributed by atoms with Crippen LogP contribution < -0.4 is 5.32 Å². The molecule has 0 fully saturated rings. The molecule has 0 spiro atoms. The van der Waals surface area contributed by atoms with Crippen LogP contribution in [-0.2, 0) is 4.74 Å². The lowest BCUT2D eigenvalue weighted by Crippen LogP contribution is -2.13. The maximum Gasteiger partial charge on any atom is 0.116 e. The summed E-state index contributed by atoms with van der Waals surface area (Å²) in [5.74, 6) is 0. The van der Waals surface area contributed by atoms with Gasteiger partial charge in [-0.25, -0.2) is 0 Å². The van der Waals surface area contributed by atoms with Gasteiger partial charge in [0.2, 0.25) is 0 Å². The topological polar surface area (TPSA) is 21.3 Å². The third-order valence-corrected chi connectivity index (χ3v) is 1.99. The van der Waals surface area contributed by atoms with E-state index in [0.29, 0.717) is 12.8 Å². The van der Waals surface area contributed by atoms with Gasteiger partial charge in [-0.15, -0.1) is 0 Å². The molecule has 1 atom stereocenters. The Morgan fingerprint density at radius 3 is 2.62 bits per heavy atom. The zero-order valence-corrected chi connectivity index (χ0v) is 8.29. The second kappa shape index (κ2) is 5.60. The lowest BCUT2D eigenvalue weighted by molar-refractivity contribution is 0.0777. The highest BCUT2D eigenvalue weighted by molar-refractivity contribution is 5.41. The Bertz CT molecular complexity index is 223. The Hall–Kier alpha value is -1.02. The van der Waals surface area contributed by atoms with E-state index in [1.807, 2.05) is 30.3 Å². The van der Waals surface area contributed by atoms with Crippen LogP contribution in [0.4, 0.5) is 5.69 Å². The van der Waals surface area contributed by atoms with Gasteiger partial charge in [0.15, 0.2) is 0 Å². The van der Waals surface area contributed by atoms with Crippen molar-refractivity contribution >= 4 is 5.69 Å². The third-order valence-electron chi connectivity index (χ3n) is 1.99. The van der Waals surface area contributed by atoms with Crippen molar-refractivity contribution in [1.82, 2.24) is 0 Å². The summed E-state index contributed by atoms with van der Waals surface area (Å²) < 4.78 is 5.48. The van der Waals surface area contributed by atoms with Gasteiger partial charge in [0, 0.05) is 5.69 Å². The van der Waals surface area contributed by atoms with E-state index in [0.717, 1.165) is 12.1 Å². The number of anilines is 1. The highest BCUT2D eigenvalue weighted by atomic mass is 16.5. The van der Waals surface area contributed by atoms with E-state index < -0.39 is 0 Å². The largest absolute Gasteiger partial charge is 0.363 e. The van der Waals surface area contributed by atoms with Crippen molar-refractivity contribution in [3.8, 4) is 0 Å². The minimum atomic E-state index is 0.330. The van der Waals surface area contributed by atoms with Crippen LogP contribution in [0, 0.1) is 0 Å². The van der Waals surface area contributed by atoms with Crippen LogP contribution >= 0.6 is 0 Å². The predicted octanol–water partition coefficient (Wildman–Crippen LogP) is 2.87. The Labute approximate surface area is 79.9 Å². The molecule has 0 aliphatic carbocycles. The Morgan fingerprint density at radius 1 is 1.31 bits per heavy atom. The zero-order valence-electron chi connectivity index (χ0n) is 8.29. The van der Waals surface area contributed by atoms with Crippen molar-refractivity contribution in [3.05, 3.63) is 30.3 Å². The first-order chi connectivity index (χ1) is 6.33. The fraction of sp³-hybridized carbons (Fsp3) is 0.455. The number of ether oxygens (including phenoxy) is 1. The molecule has 2 heteroatoms. The molecule has 0 amide bonds. The summed E-state index contributed by atoms with van der Waals surface area (Å²) in [6, 6.07) is 10.1. The van der Waals surface area contributed by atoms with Gasteiger partial charge in [-0.1, -0.05) is 25.1 Å². The van der Waals surface area contributed by atoms with Crippen LogP contribution in [0.2, 0.25) is 0 Å². The molecule has 0 radical (unpaired) electrons. The fourth-order valence-electron chi connectivity index (χ4n) is 0.941. The van der Waals surface area contributed by atoms with Crippen molar-refractivity contribution < 1.29 is 4.74 Å². The van der Waals surface area contributed by atoms with Crippen molar-refractivity contribution in [2.45, 2.75) is 26.4 Å². The molecular formula is C11H17NO. The van der Waals surface area contributed by atoms with E-state index in [-0.39, 0.29) is 0 Å². The average Bonchev–Trinajstić information content (AvgIpc) is 2.19. The van der Waals surface area contributed by atoms with Crippen molar-refractivity contribution in [2.75, 3.05) is 12.0 Å². The molecule has 0 aliphatic heterocycles. The molecule has 1 unspecified atom stereocenters. The van der Waals surface area contributed by atoms with Crippen LogP contribution in [0.25, 0.3) is 0 Å². The molecule has 1 aromatic rings. The van der Waals surface area contributed by atoms with Crippen molar-refractivity contribution in [3.63, 3.8) is 0 Å². The van der Waals surface area contributed by atoms with E-state index in [4.69, 9.17) is 4.74 Å². The number of hydrogen-bond acceptors (Lipinski definition) is 2. The predicted molar refractivity (Wildman–Crippen MR) is 55.8 cm³/mol. The first kappa shape index (κ1) is 10.1. The van der Waals surface area contributed by atoms with E-state index in [2.05, 4.69) is 19.2 Å². The normalized spacial score (nSPS) is 12.5. The van der Waals surface area contributed by atoms with Gasteiger partial charge >= 0.3 is 0 Å². The highest BCUT2D eigenvalue weighted by Crippen LogP contribution is 2.04. The minimum Gasteiger partial charge on any atom is -0.363 e. The molecule has 0 heterocycles. The van der Waals surface area contributed by atoms with Crippen molar-refractivity contribution in [2.24, 2.45) is 0 Å². The summed E-state index contributed by atoms with van der Waals surface area (Å²) in [4.78, 5) is 0. The van der Waals surface area contributed by atoms with Crippen LogP contribution in [0.1, 0.15) is 20.3 Å². The Balaban J connectivity index is 2.20. The summed E-state index contributed by atoms with van der Waals surface area (Å²) in [6.07, 6.45) is 1.38. The van der Waals surface area contributed by atoms with E-state index >= 15 is 0 Å². The molecule has 2 nitrogen and oxygen atoms in total. The minimum absolute atomic E-state index is 0.330. The molecule has 1 N–H and O–H groups in total. The number of benzene rings is 1. The standard InChI is InChI=1S/C11H17NO/c1-3-10(2)13-9-12-11-7-5-4-6-8-11/h4-8,10,12H,3,9H2,1-2H3. The lowest BCUT2D eigenvalue weighted by Gasteiger charge is -2.11. The van der Waals surface area contributed by atoms with E-state index in [1.165, 1.54) is 0 Å². The van der Waals surface area contributed by atoms with Gasteiger partial charge in [-0.3, -0.25) is 0 Å². The van der Waals surface area contributed by atoms with Crippen molar-refractivity contribution in [1.29, 1.82) is 0 Å². The van der Waals surface area contributed by atoms with Gasteiger partial charge in [0.1, 0.15) is 6.73 Å². The molecule has 0 aromatic heterocycles. The molecular weight excluding hydrogens is 162 g/mol. The zero-order chi connectivity index (χ0) is 9.52. The smallest absolute Gasteiger partial charge is 0.116 e. The lowest BCUT2D eigenvalue weighted by atomic mass is 10.3. The van der Waals surface area contributed by atoms with Gasteiger partial charge in [0.05, 0.1) is 6.10 Å². The summed E-state index contributed by atoms with van der Waals surface area (Å²) in [5, 5.41) is 3.19. The summed E-state index contributed by atoms with van der Waals surface area (Å²) in [6.45, 7) is 4.78. The maximum atomic E-state index is 5.48. The molecule has 1 aromatic carbocycles. The second-order valence-corrected chi connectivity index (χ2v) is 3.07. The molecule has 0 bridgehead atoms. The second-order valence-electron chi connectivity index (χ2n) is 3.07. The quantitative estimate of drug-likeness (QED) is 0.702. The van der Waals surface area contributed by atoms with E-state index in [1.54, 1.807) is 0 Å². The number of rotatable bonds is 5. The van der Waals surface area contributed by atoms with Crippen LogP contribution in [-0.4, -0.2) is 12.8 Å². The molecule has 0 saturated carbocycles. The Morgan fingerprint density at radius 2 is 2.00 bits per heavy atom. The maximum absolute atomic E-state index is 5.48. The first-order valence-electron chi connectivity index (χ1n) is 4.73. The summed E-state index contributed by atoms with van der Waals surface area (Å²) in [7, 11) is 0. The van der Waals surface area contributed by atoms with Crippen LogP contribution in [0.3, 0.4) is 0 Å². The van der Waals surface area contributed by atoms with Gasteiger partial charge in [-0.2, -0.15) is 0 Å². The molecule has 1 rings (SSSR count). The molecule has 0 aliphatic rings. The highest BCUT2D eigenvalue weighted by Gasteiger charge is 1.96. The fourth-order valence-corrected chi connectivity index (χ4v) is 0.941. The molecule has 13 heavy (non-hydrogen) atoms. The van der Waals surface area contributed by atoms with Crippen LogP contribution in [0.15, 0.2) is 30.3 Å². The average molecular weight is 179 g/mol. The van der Waals surface area contributed by atoms with E-state index in [9.17, 15) is 0 Å².